The maximum Gasteiger partial charge on any atom is 0.321 e. The summed E-state index contributed by atoms with van der Waals surface area (Å²) < 4.78 is 0. The van der Waals surface area contributed by atoms with Crippen molar-refractivity contribution < 1.29 is 14.7 Å². The summed E-state index contributed by atoms with van der Waals surface area (Å²) in [5.41, 5.74) is 1.04. The first-order valence-corrected chi connectivity index (χ1v) is 7.71. The van der Waals surface area contributed by atoms with Crippen molar-refractivity contribution in [1.29, 1.82) is 0 Å². The van der Waals surface area contributed by atoms with E-state index in [1.165, 1.54) is 24.2 Å². The number of urea groups is 1. The summed E-state index contributed by atoms with van der Waals surface area (Å²) in [6, 6.07) is -0.399. The molecule has 0 bridgehead atoms. The highest BCUT2D eigenvalue weighted by atomic mass is 32.1. The summed E-state index contributed by atoms with van der Waals surface area (Å²) in [6.45, 7) is 2.06. The predicted octanol–water partition coefficient (Wildman–Crippen LogP) is 2.64. The number of carboxylic acids is 1. The van der Waals surface area contributed by atoms with Crippen LogP contribution in [0, 0.1) is 5.92 Å². The van der Waals surface area contributed by atoms with Crippen molar-refractivity contribution in [2.75, 3.05) is 11.9 Å². The fourth-order valence-corrected chi connectivity index (χ4v) is 2.72. The van der Waals surface area contributed by atoms with Crippen molar-refractivity contribution in [3.8, 4) is 0 Å². The molecule has 1 heterocycles. The molecule has 6 nitrogen and oxygen atoms in total. The van der Waals surface area contributed by atoms with Gasteiger partial charge in [0, 0.05) is 17.8 Å². The third-order valence-electron chi connectivity index (χ3n) is 3.23. The number of carboxylic acid groups (broad SMARTS) is 1. The first kappa shape index (κ1) is 14.8. The number of hydrogen-bond acceptors (Lipinski definition) is 4. The minimum atomic E-state index is -0.877. The van der Waals surface area contributed by atoms with Gasteiger partial charge in [0.25, 0.3) is 0 Å². The molecule has 1 atom stereocenters. The zero-order valence-corrected chi connectivity index (χ0v) is 12.2. The molecule has 0 spiro atoms. The van der Waals surface area contributed by atoms with Crippen LogP contribution in [0.4, 0.5) is 9.93 Å². The molecular formula is C13H19N3O3S. The Labute approximate surface area is 121 Å². The number of carbonyl (C=O) groups is 2. The molecule has 3 N–H and O–H groups in total. The van der Waals surface area contributed by atoms with E-state index in [1.54, 1.807) is 0 Å². The smallest absolute Gasteiger partial charge is 0.321 e. The van der Waals surface area contributed by atoms with Gasteiger partial charge in [-0.1, -0.05) is 13.3 Å². The minimum Gasteiger partial charge on any atom is -0.481 e. The molecule has 1 aromatic heterocycles. The van der Waals surface area contributed by atoms with Gasteiger partial charge in [-0.05, 0) is 19.3 Å². The molecule has 0 radical (unpaired) electrons. The van der Waals surface area contributed by atoms with E-state index >= 15 is 0 Å². The van der Waals surface area contributed by atoms with Crippen LogP contribution in [0.25, 0.3) is 0 Å². The monoisotopic (exact) mass is 297 g/mol. The van der Waals surface area contributed by atoms with Crippen LogP contribution < -0.4 is 10.6 Å². The lowest BCUT2D eigenvalue weighted by Gasteiger charge is -2.12. The second kappa shape index (κ2) is 6.69. The van der Waals surface area contributed by atoms with E-state index in [0.717, 1.165) is 12.1 Å². The molecule has 20 heavy (non-hydrogen) atoms. The molecule has 1 saturated carbocycles. The number of nitrogens with zero attached hydrogens (tertiary/aromatic N) is 1. The van der Waals surface area contributed by atoms with Gasteiger partial charge in [-0.15, -0.1) is 11.3 Å². The SMILES string of the molecule is CCCC(CNC(=O)Nc1nc(C2CC2)cs1)C(=O)O. The Morgan fingerprint density at radius 3 is 2.90 bits per heavy atom. The number of thiazole rings is 1. The molecule has 110 valence electrons. The summed E-state index contributed by atoms with van der Waals surface area (Å²) in [5, 5.41) is 16.8. The van der Waals surface area contributed by atoms with Crippen molar-refractivity contribution >= 4 is 28.5 Å². The molecular weight excluding hydrogens is 278 g/mol. The zero-order chi connectivity index (χ0) is 14.5. The van der Waals surface area contributed by atoms with E-state index < -0.39 is 17.9 Å². The lowest BCUT2D eigenvalue weighted by Crippen LogP contribution is -2.35. The average Bonchev–Trinajstić information content (AvgIpc) is 3.15. The van der Waals surface area contributed by atoms with Crippen molar-refractivity contribution in [3.05, 3.63) is 11.1 Å². The Balaban J connectivity index is 1.77. The summed E-state index contributed by atoms with van der Waals surface area (Å²) >= 11 is 1.40. The van der Waals surface area contributed by atoms with Gasteiger partial charge >= 0.3 is 12.0 Å². The van der Waals surface area contributed by atoms with Gasteiger partial charge in [0.2, 0.25) is 0 Å². The van der Waals surface area contributed by atoms with Crippen LogP contribution in [-0.2, 0) is 4.79 Å². The largest absolute Gasteiger partial charge is 0.481 e. The van der Waals surface area contributed by atoms with Gasteiger partial charge in [0.05, 0.1) is 11.6 Å². The minimum absolute atomic E-state index is 0.135. The van der Waals surface area contributed by atoms with Gasteiger partial charge in [-0.3, -0.25) is 10.1 Å². The fourth-order valence-electron chi connectivity index (χ4n) is 1.93. The summed E-state index contributed by atoms with van der Waals surface area (Å²) in [6.07, 6.45) is 3.68. The topological polar surface area (TPSA) is 91.3 Å². The number of rotatable bonds is 7. The molecule has 1 unspecified atom stereocenters. The van der Waals surface area contributed by atoms with Gasteiger partial charge in [0.15, 0.2) is 5.13 Å². The van der Waals surface area contributed by atoms with Gasteiger partial charge in [0.1, 0.15) is 0 Å². The first-order valence-electron chi connectivity index (χ1n) is 6.83. The second-order valence-corrected chi connectivity index (χ2v) is 5.87. The predicted molar refractivity (Wildman–Crippen MR) is 77.1 cm³/mol. The maximum atomic E-state index is 11.7. The van der Waals surface area contributed by atoms with E-state index in [9.17, 15) is 9.59 Å². The molecule has 0 aliphatic heterocycles. The average molecular weight is 297 g/mol. The molecule has 2 amide bonds. The van der Waals surface area contributed by atoms with E-state index in [4.69, 9.17) is 5.11 Å². The highest BCUT2D eigenvalue weighted by Gasteiger charge is 2.26. The van der Waals surface area contributed by atoms with Gasteiger partial charge in [-0.2, -0.15) is 0 Å². The molecule has 2 rings (SSSR count). The highest BCUT2D eigenvalue weighted by molar-refractivity contribution is 7.13. The van der Waals surface area contributed by atoms with Crippen LogP contribution in [-0.4, -0.2) is 28.6 Å². The van der Waals surface area contributed by atoms with E-state index in [1.807, 2.05) is 12.3 Å². The summed E-state index contributed by atoms with van der Waals surface area (Å²) in [7, 11) is 0. The molecule has 0 aromatic carbocycles. The number of aliphatic carboxylic acids is 1. The third-order valence-corrected chi connectivity index (χ3v) is 4.01. The highest BCUT2D eigenvalue weighted by Crippen LogP contribution is 2.40. The molecule has 1 aliphatic carbocycles. The summed E-state index contributed by atoms with van der Waals surface area (Å²) in [5.74, 6) is -0.854. The van der Waals surface area contributed by atoms with Crippen molar-refractivity contribution in [2.45, 2.75) is 38.5 Å². The number of amides is 2. The maximum absolute atomic E-state index is 11.7. The lowest BCUT2D eigenvalue weighted by atomic mass is 10.0. The van der Waals surface area contributed by atoms with E-state index in [0.29, 0.717) is 17.5 Å². The van der Waals surface area contributed by atoms with E-state index in [2.05, 4.69) is 15.6 Å². The number of aromatic nitrogens is 1. The normalized spacial score (nSPS) is 15.7. The Bertz CT molecular complexity index is 485. The molecule has 1 fully saturated rings. The van der Waals surface area contributed by atoms with E-state index in [-0.39, 0.29) is 6.54 Å². The van der Waals surface area contributed by atoms with Crippen molar-refractivity contribution in [1.82, 2.24) is 10.3 Å². The number of carbonyl (C=O) groups excluding carboxylic acids is 1. The molecule has 7 heteroatoms. The molecule has 1 aliphatic rings. The Morgan fingerprint density at radius 2 is 2.30 bits per heavy atom. The fraction of sp³-hybridized carbons (Fsp3) is 0.615. The van der Waals surface area contributed by atoms with Crippen molar-refractivity contribution in [2.24, 2.45) is 5.92 Å². The van der Waals surface area contributed by atoms with Crippen LogP contribution in [0.15, 0.2) is 5.38 Å². The van der Waals surface area contributed by atoms with Crippen molar-refractivity contribution in [3.63, 3.8) is 0 Å². The van der Waals surface area contributed by atoms with Crippen LogP contribution in [0.2, 0.25) is 0 Å². The quantitative estimate of drug-likeness (QED) is 0.721. The first-order chi connectivity index (χ1) is 9.60. The Kier molecular flexibility index (Phi) is 4.94. The summed E-state index contributed by atoms with van der Waals surface area (Å²) in [4.78, 5) is 27.0. The second-order valence-electron chi connectivity index (χ2n) is 5.01. The van der Waals surface area contributed by atoms with Gasteiger partial charge < -0.3 is 10.4 Å². The van der Waals surface area contributed by atoms with Crippen LogP contribution in [0.3, 0.4) is 0 Å². The number of anilines is 1. The van der Waals surface area contributed by atoms with Crippen LogP contribution in [0.1, 0.15) is 44.2 Å². The van der Waals surface area contributed by atoms with Crippen LogP contribution >= 0.6 is 11.3 Å². The third kappa shape index (κ3) is 4.19. The number of hydrogen-bond donors (Lipinski definition) is 3. The molecule has 1 aromatic rings. The Hall–Kier alpha value is -1.63. The van der Waals surface area contributed by atoms with Crippen LogP contribution in [0.5, 0.6) is 0 Å². The number of nitrogens with one attached hydrogen (secondary N) is 2. The zero-order valence-electron chi connectivity index (χ0n) is 11.4. The lowest BCUT2D eigenvalue weighted by molar-refractivity contribution is -0.141. The molecule has 0 saturated heterocycles. The standard InChI is InChI=1S/C13H19N3O3S/c1-2-3-9(11(17)18)6-14-12(19)16-13-15-10(7-20-13)8-4-5-8/h7-9H,2-6H2,1H3,(H,17,18)(H2,14,15,16,19). The van der Waals surface area contributed by atoms with Gasteiger partial charge in [-0.25, -0.2) is 9.78 Å². The Morgan fingerprint density at radius 1 is 1.55 bits per heavy atom.